The molecule has 0 spiro atoms. The van der Waals surface area contributed by atoms with Gasteiger partial charge in [0.15, 0.2) is 5.90 Å². The standard InChI is InChI=1S/C12H23NO2/c1-2-3-4-5-6-9-14-10-7-12-13-8-11-15-12/h2-11H2,1H3. The smallest absolute Gasteiger partial charge is 0.185 e. The van der Waals surface area contributed by atoms with Crippen LogP contribution in [-0.4, -0.2) is 32.3 Å². The average Bonchev–Trinajstić information content (AvgIpc) is 2.75. The molecule has 1 aliphatic rings. The second-order valence-corrected chi connectivity index (χ2v) is 3.90. The Morgan fingerprint density at radius 3 is 2.80 bits per heavy atom. The fraction of sp³-hybridized carbons (Fsp3) is 0.917. The molecule has 0 aromatic heterocycles. The summed E-state index contributed by atoms with van der Waals surface area (Å²) in [7, 11) is 0. The van der Waals surface area contributed by atoms with Gasteiger partial charge in [-0.3, -0.25) is 4.99 Å². The summed E-state index contributed by atoms with van der Waals surface area (Å²) in [4.78, 5) is 4.21. The van der Waals surface area contributed by atoms with Crippen molar-refractivity contribution < 1.29 is 9.47 Å². The van der Waals surface area contributed by atoms with Crippen LogP contribution in [0.25, 0.3) is 0 Å². The normalized spacial score (nSPS) is 15.1. The second kappa shape index (κ2) is 8.72. The molecule has 0 bridgehead atoms. The number of rotatable bonds is 9. The molecule has 15 heavy (non-hydrogen) atoms. The van der Waals surface area contributed by atoms with Gasteiger partial charge in [0, 0.05) is 13.0 Å². The first kappa shape index (κ1) is 12.5. The van der Waals surface area contributed by atoms with Gasteiger partial charge in [-0.05, 0) is 6.42 Å². The number of unbranched alkanes of at least 4 members (excludes halogenated alkanes) is 4. The van der Waals surface area contributed by atoms with Gasteiger partial charge in [-0.2, -0.15) is 0 Å². The molecule has 1 rings (SSSR count). The van der Waals surface area contributed by atoms with Crippen LogP contribution in [0.2, 0.25) is 0 Å². The lowest BCUT2D eigenvalue weighted by molar-refractivity contribution is 0.133. The van der Waals surface area contributed by atoms with Crippen LogP contribution in [0.15, 0.2) is 4.99 Å². The maximum absolute atomic E-state index is 5.51. The van der Waals surface area contributed by atoms with E-state index >= 15 is 0 Å². The van der Waals surface area contributed by atoms with Gasteiger partial charge >= 0.3 is 0 Å². The van der Waals surface area contributed by atoms with E-state index in [1.54, 1.807) is 0 Å². The highest BCUT2D eigenvalue weighted by molar-refractivity contribution is 5.77. The highest BCUT2D eigenvalue weighted by Gasteiger charge is 2.05. The topological polar surface area (TPSA) is 30.8 Å². The lowest BCUT2D eigenvalue weighted by atomic mass is 10.2. The van der Waals surface area contributed by atoms with Gasteiger partial charge in [0.1, 0.15) is 6.61 Å². The van der Waals surface area contributed by atoms with Crippen molar-refractivity contribution >= 4 is 5.90 Å². The van der Waals surface area contributed by atoms with Crippen molar-refractivity contribution in [1.29, 1.82) is 0 Å². The minimum absolute atomic E-state index is 0.756. The third-order valence-electron chi connectivity index (χ3n) is 2.50. The Kier molecular flexibility index (Phi) is 7.26. The number of aliphatic imine (C=N–C) groups is 1. The Bertz CT molecular complexity index is 180. The third kappa shape index (κ3) is 6.50. The molecule has 0 saturated carbocycles. The maximum Gasteiger partial charge on any atom is 0.185 e. The molecule has 0 amide bonds. The maximum atomic E-state index is 5.51. The molecule has 0 fully saturated rings. The largest absolute Gasteiger partial charge is 0.479 e. The Hall–Kier alpha value is -0.570. The van der Waals surface area contributed by atoms with Gasteiger partial charge in [0.05, 0.1) is 13.2 Å². The van der Waals surface area contributed by atoms with Gasteiger partial charge in [-0.25, -0.2) is 0 Å². The molecule has 0 aromatic rings. The van der Waals surface area contributed by atoms with Crippen molar-refractivity contribution in [2.45, 2.75) is 45.4 Å². The SMILES string of the molecule is CCCCCCCOCCC1=NCCO1. The van der Waals surface area contributed by atoms with E-state index in [1.165, 1.54) is 32.1 Å². The Labute approximate surface area is 92.9 Å². The molecule has 88 valence electrons. The molecule has 0 aromatic carbocycles. The number of hydrogen-bond acceptors (Lipinski definition) is 3. The average molecular weight is 213 g/mol. The highest BCUT2D eigenvalue weighted by atomic mass is 16.5. The summed E-state index contributed by atoms with van der Waals surface area (Å²) in [5, 5.41) is 0. The minimum atomic E-state index is 0.756. The van der Waals surface area contributed by atoms with Crippen molar-refractivity contribution in [1.82, 2.24) is 0 Å². The zero-order valence-electron chi connectivity index (χ0n) is 9.83. The number of ether oxygens (including phenoxy) is 2. The number of nitrogens with zero attached hydrogens (tertiary/aromatic N) is 1. The van der Waals surface area contributed by atoms with Gasteiger partial charge in [0.25, 0.3) is 0 Å². The summed E-state index contributed by atoms with van der Waals surface area (Å²) in [5.41, 5.74) is 0. The first-order valence-corrected chi connectivity index (χ1v) is 6.17. The fourth-order valence-electron chi connectivity index (χ4n) is 1.60. The lowest BCUT2D eigenvalue weighted by Gasteiger charge is -2.04. The summed E-state index contributed by atoms with van der Waals surface area (Å²) < 4.78 is 10.8. The van der Waals surface area contributed by atoms with Gasteiger partial charge < -0.3 is 9.47 Å². The minimum Gasteiger partial charge on any atom is -0.479 e. The Balaban J connectivity index is 1.77. The van der Waals surface area contributed by atoms with Crippen molar-refractivity contribution in [3.05, 3.63) is 0 Å². The summed E-state index contributed by atoms with van der Waals surface area (Å²) in [6, 6.07) is 0. The van der Waals surface area contributed by atoms with Crippen LogP contribution < -0.4 is 0 Å². The molecule has 0 N–H and O–H groups in total. The zero-order valence-corrected chi connectivity index (χ0v) is 9.83. The first-order chi connectivity index (χ1) is 7.43. The van der Waals surface area contributed by atoms with E-state index in [9.17, 15) is 0 Å². The Morgan fingerprint density at radius 2 is 2.07 bits per heavy atom. The molecule has 3 nitrogen and oxygen atoms in total. The summed E-state index contributed by atoms with van der Waals surface area (Å²) in [6.07, 6.45) is 7.33. The van der Waals surface area contributed by atoms with E-state index in [0.29, 0.717) is 0 Å². The van der Waals surface area contributed by atoms with Crippen molar-refractivity contribution in [3.8, 4) is 0 Å². The van der Waals surface area contributed by atoms with Gasteiger partial charge in [-0.1, -0.05) is 32.6 Å². The fourth-order valence-corrected chi connectivity index (χ4v) is 1.60. The van der Waals surface area contributed by atoms with Crippen LogP contribution in [0.4, 0.5) is 0 Å². The van der Waals surface area contributed by atoms with Crippen molar-refractivity contribution in [2.24, 2.45) is 4.99 Å². The van der Waals surface area contributed by atoms with Crippen LogP contribution in [-0.2, 0) is 9.47 Å². The van der Waals surface area contributed by atoms with E-state index in [0.717, 1.165) is 38.7 Å². The second-order valence-electron chi connectivity index (χ2n) is 3.90. The first-order valence-electron chi connectivity index (χ1n) is 6.17. The van der Waals surface area contributed by atoms with Gasteiger partial charge in [-0.15, -0.1) is 0 Å². The van der Waals surface area contributed by atoms with Crippen LogP contribution in [0.5, 0.6) is 0 Å². The summed E-state index contributed by atoms with van der Waals surface area (Å²) in [6.45, 7) is 5.46. The van der Waals surface area contributed by atoms with E-state index < -0.39 is 0 Å². The quantitative estimate of drug-likeness (QED) is 0.551. The molecular weight excluding hydrogens is 190 g/mol. The van der Waals surface area contributed by atoms with Crippen LogP contribution >= 0.6 is 0 Å². The highest BCUT2D eigenvalue weighted by Crippen LogP contribution is 2.03. The number of hydrogen-bond donors (Lipinski definition) is 0. The Morgan fingerprint density at radius 1 is 1.20 bits per heavy atom. The zero-order chi connectivity index (χ0) is 10.8. The molecule has 1 aliphatic heterocycles. The van der Waals surface area contributed by atoms with Crippen LogP contribution in [0, 0.1) is 0 Å². The summed E-state index contributed by atoms with van der Waals surface area (Å²) >= 11 is 0. The predicted molar refractivity (Wildman–Crippen MR) is 62.4 cm³/mol. The van der Waals surface area contributed by atoms with E-state index in [4.69, 9.17) is 9.47 Å². The lowest BCUT2D eigenvalue weighted by Crippen LogP contribution is -2.05. The molecule has 0 aliphatic carbocycles. The molecular formula is C12H23NO2. The van der Waals surface area contributed by atoms with Crippen LogP contribution in [0.3, 0.4) is 0 Å². The molecule has 0 atom stereocenters. The molecule has 0 radical (unpaired) electrons. The van der Waals surface area contributed by atoms with E-state index in [-0.39, 0.29) is 0 Å². The molecule has 1 heterocycles. The molecule has 3 heteroatoms. The van der Waals surface area contributed by atoms with Crippen molar-refractivity contribution in [2.75, 3.05) is 26.4 Å². The monoisotopic (exact) mass is 213 g/mol. The summed E-state index contributed by atoms with van der Waals surface area (Å²) in [5.74, 6) is 0.876. The van der Waals surface area contributed by atoms with Crippen molar-refractivity contribution in [3.63, 3.8) is 0 Å². The third-order valence-corrected chi connectivity index (χ3v) is 2.50. The molecule has 0 saturated heterocycles. The van der Waals surface area contributed by atoms with Crippen LogP contribution in [0.1, 0.15) is 45.4 Å². The molecule has 0 unspecified atom stereocenters. The van der Waals surface area contributed by atoms with Gasteiger partial charge in [0.2, 0.25) is 0 Å². The predicted octanol–water partition coefficient (Wildman–Crippen LogP) is 2.79. The van der Waals surface area contributed by atoms with E-state index in [2.05, 4.69) is 11.9 Å². The van der Waals surface area contributed by atoms with E-state index in [1.807, 2.05) is 0 Å².